The van der Waals surface area contributed by atoms with Crippen molar-refractivity contribution >= 4 is 6.03 Å². The number of hydrogen-bond acceptors (Lipinski definition) is 3. The van der Waals surface area contributed by atoms with Gasteiger partial charge in [0.15, 0.2) is 0 Å². The van der Waals surface area contributed by atoms with E-state index in [9.17, 15) is 9.18 Å². The summed E-state index contributed by atoms with van der Waals surface area (Å²) in [7, 11) is 0. The molecule has 0 spiro atoms. The number of nitrogens with zero attached hydrogens (tertiary/aromatic N) is 3. The molecule has 0 radical (unpaired) electrons. The van der Waals surface area contributed by atoms with Gasteiger partial charge in [0.1, 0.15) is 5.82 Å². The molecular formula is C17H22FN5O. The van der Waals surface area contributed by atoms with Crippen LogP contribution < -0.4 is 10.6 Å². The van der Waals surface area contributed by atoms with E-state index in [4.69, 9.17) is 0 Å². The highest BCUT2D eigenvalue weighted by Gasteiger charge is 2.22. The van der Waals surface area contributed by atoms with Crippen LogP contribution in [0.2, 0.25) is 0 Å². The lowest BCUT2D eigenvalue weighted by atomic mass is 10.3. The molecule has 0 bridgehead atoms. The average Bonchev–Trinajstić information content (AvgIpc) is 3.23. The summed E-state index contributed by atoms with van der Waals surface area (Å²) in [5.74, 6) is -0.280. The summed E-state index contributed by atoms with van der Waals surface area (Å²) in [6.45, 7) is 5.43. The molecule has 1 aromatic carbocycles. The van der Waals surface area contributed by atoms with E-state index in [2.05, 4.69) is 27.6 Å². The number of benzene rings is 1. The number of carbonyl (C=O) groups excluding carboxylic acids is 1. The van der Waals surface area contributed by atoms with Crippen molar-refractivity contribution in [1.29, 1.82) is 0 Å². The molecule has 1 unspecified atom stereocenters. The van der Waals surface area contributed by atoms with Crippen LogP contribution in [0.3, 0.4) is 0 Å². The van der Waals surface area contributed by atoms with Gasteiger partial charge in [-0.2, -0.15) is 5.10 Å². The Morgan fingerprint density at radius 2 is 2.12 bits per heavy atom. The van der Waals surface area contributed by atoms with Crippen LogP contribution in [0.5, 0.6) is 0 Å². The summed E-state index contributed by atoms with van der Waals surface area (Å²) >= 11 is 0. The quantitative estimate of drug-likeness (QED) is 0.880. The van der Waals surface area contributed by atoms with E-state index in [1.807, 2.05) is 6.07 Å². The molecule has 2 amide bonds. The lowest BCUT2D eigenvalue weighted by Crippen LogP contribution is -2.43. The molecule has 7 heteroatoms. The molecule has 2 heterocycles. The largest absolute Gasteiger partial charge is 0.334 e. The average molecular weight is 331 g/mol. The highest BCUT2D eigenvalue weighted by atomic mass is 19.1. The van der Waals surface area contributed by atoms with Crippen molar-refractivity contribution < 1.29 is 9.18 Å². The Kier molecular flexibility index (Phi) is 5.10. The summed E-state index contributed by atoms with van der Waals surface area (Å²) in [6.07, 6.45) is 2.78. The summed E-state index contributed by atoms with van der Waals surface area (Å²) in [5, 5.41) is 10.2. The molecule has 128 valence electrons. The molecule has 6 nitrogen and oxygen atoms in total. The Balaban J connectivity index is 1.48. The number of aromatic nitrogens is 2. The molecule has 0 saturated carbocycles. The van der Waals surface area contributed by atoms with Gasteiger partial charge in [-0.05, 0) is 43.3 Å². The molecule has 0 aliphatic carbocycles. The lowest BCUT2D eigenvalue weighted by molar-refractivity contribution is 0.236. The van der Waals surface area contributed by atoms with Crippen LogP contribution in [0.25, 0.3) is 5.69 Å². The first-order chi connectivity index (χ1) is 11.6. The predicted molar refractivity (Wildman–Crippen MR) is 89.4 cm³/mol. The maximum absolute atomic E-state index is 12.9. The number of carbonyl (C=O) groups is 1. The van der Waals surface area contributed by atoms with Crippen LogP contribution in [0.15, 0.2) is 36.5 Å². The number of rotatable bonds is 5. The van der Waals surface area contributed by atoms with Gasteiger partial charge in [0.25, 0.3) is 0 Å². The standard InChI is InChI=1S/C17H22FN5O/c1-2-22-9-7-15(12-22)20-17(24)19-11-14-8-10-23(21-14)16-5-3-13(18)4-6-16/h3-6,8,10,15H,2,7,9,11-12H2,1H3,(H2,19,20,24). The van der Waals surface area contributed by atoms with Gasteiger partial charge in [-0.15, -0.1) is 0 Å². The van der Waals surface area contributed by atoms with Gasteiger partial charge in [0.2, 0.25) is 0 Å². The molecule has 2 N–H and O–H groups in total. The van der Waals surface area contributed by atoms with Gasteiger partial charge in [0, 0.05) is 25.3 Å². The van der Waals surface area contributed by atoms with Crippen LogP contribution >= 0.6 is 0 Å². The van der Waals surface area contributed by atoms with Crippen molar-refractivity contribution in [2.24, 2.45) is 0 Å². The van der Waals surface area contributed by atoms with Gasteiger partial charge in [-0.3, -0.25) is 0 Å². The fourth-order valence-corrected chi connectivity index (χ4v) is 2.84. The molecule has 1 aliphatic heterocycles. The first-order valence-corrected chi connectivity index (χ1v) is 8.21. The maximum atomic E-state index is 12.9. The van der Waals surface area contributed by atoms with Crippen LogP contribution in [0.4, 0.5) is 9.18 Å². The van der Waals surface area contributed by atoms with E-state index in [0.29, 0.717) is 6.54 Å². The molecule has 3 rings (SSSR count). The molecule has 24 heavy (non-hydrogen) atoms. The number of nitrogens with one attached hydrogen (secondary N) is 2. The molecule has 1 aromatic heterocycles. The zero-order valence-electron chi connectivity index (χ0n) is 13.7. The Morgan fingerprint density at radius 1 is 1.33 bits per heavy atom. The zero-order chi connectivity index (χ0) is 16.9. The van der Waals surface area contributed by atoms with E-state index in [1.165, 1.54) is 12.1 Å². The minimum absolute atomic E-state index is 0.172. The molecular weight excluding hydrogens is 309 g/mol. The fourth-order valence-electron chi connectivity index (χ4n) is 2.84. The van der Waals surface area contributed by atoms with Crippen molar-refractivity contribution in [2.45, 2.75) is 25.9 Å². The SMILES string of the molecule is CCN1CCC(NC(=O)NCc2ccn(-c3ccc(F)cc3)n2)C1. The number of amides is 2. The van der Waals surface area contributed by atoms with Crippen LogP contribution in [0, 0.1) is 5.82 Å². The van der Waals surface area contributed by atoms with E-state index < -0.39 is 0 Å². The minimum Gasteiger partial charge on any atom is -0.334 e. The second-order valence-electron chi connectivity index (χ2n) is 5.93. The van der Waals surface area contributed by atoms with Crippen LogP contribution in [-0.2, 0) is 6.54 Å². The Bertz CT molecular complexity index is 685. The van der Waals surface area contributed by atoms with E-state index in [-0.39, 0.29) is 17.9 Å². The monoisotopic (exact) mass is 331 g/mol. The number of likely N-dealkylation sites (tertiary alicyclic amines) is 1. The molecule has 1 fully saturated rings. The fraction of sp³-hybridized carbons (Fsp3) is 0.412. The zero-order valence-corrected chi connectivity index (χ0v) is 13.7. The van der Waals surface area contributed by atoms with E-state index in [0.717, 1.165) is 37.4 Å². The van der Waals surface area contributed by atoms with Crippen molar-refractivity contribution in [2.75, 3.05) is 19.6 Å². The van der Waals surface area contributed by atoms with Gasteiger partial charge in [0.05, 0.1) is 17.9 Å². The van der Waals surface area contributed by atoms with Gasteiger partial charge >= 0.3 is 6.03 Å². The van der Waals surface area contributed by atoms with Crippen molar-refractivity contribution in [3.8, 4) is 5.69 Å². The lowest BCUT2D eigenvalue weighted by Gasteiger charge is -2.14. The summed E-state index contributed by atoms with van der Waals surface area (Å²) in [5.41, 5.74) is 1.52. The summed E-state index contributed by atoms with van der Waals surface area (Å²) in [4.78, 5) is 14.3. The summed E-state index contributed by atoms with van der Waals surface area (Å²) in [6, 6.07) is 7.97. The highest BCUT2D eigenvalue weighted by Crippen LogP contribution is 2.09. The third kappa shape index (κ3) is 4.11. The Hall–Kier alpha value is -2.41. The second-order valence-corrected chi connectivity index (χ2v) is 5.93. The predicted octanol–water partition coefficient (Wildman–Crippen LogP) is 1.90. The first kappa shape index (κ1) is 16.4. The molecule has 2 aromatic rings. The number of likely N-dealkylation sites (N-methyl/N-ethyl adjacent to an activating group) is 1. The second kappa shape index (κ2) is 7.44. The van der Waals surface area contributed by atoms with E-state index >= 15 is 0 Å². The third-order valence-corrected chi connectivity index (χ3v) is 4.22. The Morgan fingerprint density at radius 3 is 2.83 bits per heavy atom. The van der Waals surface area contributed by atoms with E-state index in [1.54, 1.807) is 23.0 Å². The normalized spacial score (nSPS) is 17.8. The molecule has 1 saturated heterocycles. The molecule has 1 atom stereocenters. The van der Waals surface area contributed by atoms with Gasteiger partial charge < -0.3 is 15.5 Å². The number of urea groups is 1. The number of hydrogen-bond donors (Lipinski definition) is 2. The van der Waals surface area contributed by atoms with Crippen molar-refractivity contribution in [3.63, 3.8) is 0 Å². The van der Waals surface area contributed by atoms with Crippen LogP contribution in [0.1, 0.15) is 19.0 Å². The third-order valence-electron chi connectivity index (χ3n) is 4.22. The minimum atomic E-state index is -0.280. The summed E-state index contributed by atoms with van der Waals surface area (Å²) < 4.78 is 14.6. The Labute approximate surface area is 140 Å². The number of halogens is 1. The maximum Gasteiger partial charge on any atom is 0.315 e. The highest BCUT2D eigenvalue weighted by molar-refractivity contribution is 5.74. The topological polar surface area (TPSA) is 62.2 Å². The smallest absolute Gasteiger partial charge is 0.315 e. The van der Waals surface area contributed by atoms with Crippen LogP contribution in [-0.4, -0.2) is 46.4 Å². The van der Waals surface area contributed by atoms with Gasteiger partial charge in [-0.25, -0.2) is 13.9 Å². The first-order valence-electron chi connectivity index (χ1n) is 8.21. The molecule has 1 aliphatic rings. The van der Waals surface area contributed by atoms with Gasteiger partial charge in [-0.1, -0.05) is 6.92 Å². The van der Waals surface area contributed by atoms with Crippen molar-refractivity contribution in [1.82, 2.24) is 25.3 Å². The van der Waals surface area contributed by atoms with Crippen molar-refractivity contribution in [3.05, 3.63) is 48.0 Å².